The Kier molecular flexibility index (Phi) is 7.51. The van der Waals surface area contributed by atoms with Crippen molar-refractivity contribution in [3.05, 3.63) is 48.5 Å². The Morgan fingerprint density at radius 2 is 1.82 bits per heavy atom. The van der Waals surface area contributed by atoms with E-state index in [0.29, 0.717) is 25.0 Å². The van der Waals surface area contributed by atoms with Gasteiger partial charge in [-0.25, -0.2) is 19.9 Å². The van der Waals surface area contributed by atoms with Crippen LogP contribution >= 0.6 is 0 Å². The maximum absolute atomic E-state index is 5.85. The molecular formula is C24H31N7O2. The first-order valence-electron chi connectivity index (χ1n) is 11.3. The molecule has 3 aromatic rings. The Balaban J connectivity index is 1.38. The van der Waals surface area contributed by atoms with Crippen LogP contribution in [0.15, 0.2) is 43.0 Å². The van der Waals surface area contributed by atoms with Gasteiger partial charge in [-0.1, -0.05) is 13.8 Å². The molecule has 3 N–H and O–H groups in total. The monoisotopic (exact) mass is 449 g/mol. The molecule has 0 saturated heterocycles. The van der Waals surface area contributed by atoms with Crippen LogP contribution in [0.25, 0.3) is 11.3 Å². The summed E-state index contributed by atoms with van der Waals surface area (Å²) < 4.78 is 11.5. The molecule has 9 nitrogen and oxygen atoms in total. The number of anilines is 2. The van der Waals surface area contributed by atoms with Gasteiger partial charge in [0.1, 0.15) is 31.2 Å². The van der Waals surface area contributed by atoms with E-state index in [2.05, 4.69) is 49.7 Å². The Morgan fingerprint density at radius 1 is 0.939 bits per heavy atom. The first kappa shape index (κ1) is 22.7. The van der Waals surface area contributed by atoms with Crippen LogP contribution in [0, 0.1) is 5.92 Å². The average Bonchev–Trinajstić information content (AvgIpc) is 2.87. The van der Waals surface area contributed by atoms with Crippen LogP contribution in [0.5, 0.6) is 11.6 Å². The van der Waals surface area contributed by atoms with Crippen molar-refractivity contribution >= 4 is 11.6 Å². The van der Waals surface area contributed by atoms with Gasteiger partial charge in [-0.2, -0.15) is 0 Å². The molecule has 2 atom stereocenters. The summed E-state index contributed by atoms with van der Waals surface area (Å²) in [5.41, 5.74) is 2.89. The van der Waals surface area contributed by atoms with Gasteiger partial charge >= 0.3 is 0 Å². The molecule has 0 amide bonds. The lowest BCUT2D eigenvalue weighted by atomic mass is 9.88. The van der Waals surface area contributed by atoms with Crippen LogP contribution in [-0.4, -0.2) is 59.8 Å². The Hall–Kier alpha value is -3.46. The van der Waals surface area contributed by atoms with Crippen LogP contribution in [0.3, 0.4) is 0 Å². The molecule has 1 aliphatic rings. The predicted molar refractivity (Wildman–Crippen MR) is 129 cm³/mol. The molecule has 0 radical (unpaired) electrons. The van der Waals surface area contributed by atoms with Gasteiger partial charge in [-0.15, -0.1) is 0 Å². The Morgan fingerprint density at radius 3 is 2.64 bits per heavy atom. The minimum absolute atomic E-state index is 0.254. The maximum Gasteiger partial charge on any atom is 0.257 e. The molecule has 4 heterocycles. The molecule has 0 fully saturated rings. The molecule has 0 bridgehead atoms. The number of pyridine rings is 2. The first-order valence-corrected chi connectivity index (χ1v) is 11.3. The summed E-state index contributed by atoms with van der Waals surface area (Å²) in [5.74, 6) is 3.56. The fourth-order valence-corrected chi connectivity index (χ4v) is 3.66. The summed E-state index contributed by atoms with van der Waals surface area (Å²) in [6.07, 6.45) is 5.19. The van der Waals surface area contributed by atoms with Crippen molar-refractivity contribution in [3.63, 3.8) is 0 Å². The van der Waals surface area contributed by atoms with Gasteiger partial charge in [0.25, 0.3) is 5.88 Å². The second-order valence-corrected chi connectivity index (χ2v) is 8.13. The van der Waals surface area contributed by atoms with Crippen molar-refractivity contribution in [2.45, 2.75) is 19.8 Å². The van der Waals surface area contributed by atoms with Crippen molar-refractivity contribution in [1.29, 1.82) is 0 Å². The average molecular weight is 450 g/mol. The molecule has 0 spiro atoms. The van der Waals surface area contributed by atoms with Crippen molar-refractivity contribution in [1.82, 2.24) is 25.3 Å². The van der Waals surface area contributed by atoms with E-state index in [9.17, 15) is 0 Å². The van der Waals surface area contributed by atoms with Crippen molar-refractivity contribution in [2.75, 3.05) is 50.5 Å². The lowest BCUT2D eigenvalue weighted by Crippen LogP contribution is -2.21. The summed E-state index contributed by atoms with van der Waals surface area (Å²) in [7, 11) is 1.93. The molecule has 174 valence electrons. The predicted octanol–water partition coefficient (Wildman–Crippen LogP) is 3.19. The number of fused-ring (bicyclic) bond motifs is 1. The van der Waals surface area contributed by atoms with Gasteiger partial charge in [-0.3, -0.25) is 0 Å². The third-order valence-electron chi connectivity index (χ3n) is 5.83. The van der Waals surface area contributed by atoms with Gasteiger partial charge in [-0.05, 0) is 37.1 Å². The van der Waals surface area contributed by atoms with Crippen LogP contribution in [-0.2, 0) is 0 Å². The zero-order valence-electron chi connectivity index (χ0n) is 19.3. The van der Waals surface area contributed by atoms with Crippen LogP contribution < -0.4 is 25.4 Å². The zero-order valence-corrected chi connectivity index (χ0v) is 19.3. The highest BCUT2D eigenvalue weighted by atomic mass is 16.6. The smallest absolute Gasteiger partial charge is 0.257 e. The third kappa shape index (κ3) is 5.67. The number of ether oxygens (including phenoxy) is 2. The fourth-order valence-electron chi connectivity index (χ4n) is 3.66. The summed E-state index contributed by atoms with van der Waals surface area (Å²) in [5, 5.41) is 9.83. The minimum atomic E-state index is 0.254. The number of nitrogens with one attached hydrogen (secondary N) is 3. The molecule has 3 aromatic heterocycles. The maximum atomic E-state index is 5.85. The number of aromatic nitrogens is 4. The molecule has 4 rings (SSSR count). The first-order chi connectivity index (χ1) is 16.2. The summed E-state index contributed by atoms with van der Waals surface area (Å²) in [6.45, 7) is 7.95. The van der Waals surface area contributed by atoms with Gasteiger partial charge in [0.15, 0.2) is 5.75 Å². The van der Waals surface area contributed by atoms with Crippen molar-refractivity contribution in [2.24, 2.45) is 5.92 Å². The molecule has 1 unspecified atom stereocenters. The molecular weight excluding hydrogens is 418 g/mol. The van der Waals surface area contributed by atoms with E-state index in [1.807, 2.05) is 37.5 Å². The Labute approximate surface area is 194 Å². The second-order valence-electron chi connectivity index (χ2n) is 8.13. The van der Waals surface area contributed by atoms with E-state index < -0.39 is 0 Å². The van der Waals surface area contributed by atoms with Gasteiger partial charge < -0.3 is 25.4 Å². The van der Waals surface area contributed by atoms with E-state index >= 15 is 0 Å². The van der Waals surface area contributed by atoms with Gasteiger partial charge in [0.2, 0.25) is 0 Å². The van der Waals surface area contributed by atoms with E-state index in [1.165, 1.54) is 0 Å². The topological polar surface area (TPSA) is 106 Å². The summed E-state index contributed by atoms with van der Waals surface area (Å²) in [6, 6.07) is 7.95. The van der Waals surface area contributed by atoms with E-state index in [-0.39, 0.29) is 5.92 Å². The van der Waals surface area contributed by atoms with Gasteiger partial charge in [0, 0.05) is 49.2 Å². The zero-order chi connectivity index (χ0) is 23.0. The SMILES string of the molecule is CNCCNc1ccc(-c2cc(NC[C@@H](C)C(C)c3ccnc4c3OCCO4)ncn2)cn1. The Bertz CT molecular complexity index is 1050. The number of likely N-dealkylation sites (N-methyl/N-ethyl adjacent to an activating group) is 1. The number of hydrogen-bond acceptors (Lipinski definition) is 9. The highest BCUT2D eigenvalue weighted by molar-refractivity contribution is 5.62. The summed E-state index contributed by atoms with van der Waals surface area (Å²) in [4.78, 5) is 17.6. The van der Waals surface area contributed by atoms with Crippen molar-refractivity contribution < 1.29 is 9.47 Å². The number of rotatable bonds is 10. The molecule has 0 aromatic carbocycles. The highest BCUT2D eigenvalue weighted by Crippen LogP contribution is 2.38. The second kappa shape index (κ2) is 10.9. The summed E-state index contributed by atoms with van der Waals surface area (Å²) >= 11 is 0. The lowest BCUT2D eigenvalue weighted by Gasteiger charge is -2.26. The number of hydrogen-bond donors (Lipinski definition) is 3. The van der Waals surface area contributed by atoms with Crippen LogP contribution in [0.4, 0.5) is 11.6 Å². The van der Waals surface area contributed by atoms with E-state index in [0.717, 1.165) is 53.8 Å². The number of nitrogens with zero attached hydrogens (tertiary/aromatic N) is 4. The van der Waals surface area contributed by atoms with E-state index in [1.54, 1.807) is 12.5 Å². The quantitative estimate of drug-likeness (QED) is 0.402. The lowest BCUT2D eigenvalue weighted by molar-refractivity contribution is 0.161. The molecule has 1 aliphatic heterocycles. The van der Waals surface area contributed by atoms with Gasteiger partial charge in [0.05, 0.1) is 5.69 Å². The fraction of sp³-hybridized carbons (Fsp3) is 0.417. The molecule has 9 heteroatoms. The normalized spacial score (nSPS) is 14.4. The standard InChI is InChI=1S/C24H31N7O2/c1-16(17(2)19-6-7-27-24-23(19)32-10-11-33-24)13-28-22-12-20(30-15-31-22)18-4-5-21(29-14-18)26-9-8-25-3/h4-7,12,14-17,25H,8-11,13H2,1-3H3,(H,26,29)(H,28,30,31)/t16-,17?/m1/s1. The van der Waals surface area contributed by atoms with E-state index in [4.69, 9.17) is 9.47 Å². The van der Waals surface area contributed by atoms with Crippen LogP contribution in [0.2, 0.25) is 0 Å². The minimum Gasteiger partial charge on any atom is -0.484 e. The molecule has 0 aliphatic carbocycles. The third-order valence-corrected chi connectivity index (χ3v) is 5.83. The van der Waals surface area contributed by atoms with Crippen molar-refractivity contribution in [3.8, 4) is 22.9 Å². The highest BCUT2D eigenvalue weighted by Gasteiger charge is 2.24. The molecule has 0 saturated carbocycles. The molecule has 33 heavy (non-hydrogen) atoms. The van der Waals surface area contributed by atoms with Crippen LogP contribution in [0.1, 0.15) is 25.3 Å². The largest absolute Gasteiger partial charge is 0.484 e.